The molecule has 0 radical (unpaired) electrons. The molecule has 0 spiro atoms. The van der Waals surface area contributed by atoms with E-state index >= 15 is 0 Å². The van der Waals surface area contributed by atoms with Gasteiger partial charge in [-0.2, -0.15) is 10.2 Å². The summed E-state index contributed by atoms with van der Waals surface area (Å²) in [5.74, 6) is -0.0620. The molecular formula is C19H21Br2N5O. The highest BCUT2D eigenvalue weighted by molar-refractivity contribution is 9.10. The number of nitrogens with zero attached hydrogens (tertiary/aromatic N) is 4. The molecule has 1 N–H and O–H groups in total. The molecule has 8 heteroatoms. The first kappa shape index (κ1) is 19.8. The van der Waals surface area contributed by atoms with Gasteiger partial charge in [-0.3, -0.25) is 14.2 Å². The summed E-state index contributed by atoms with van der Waals surface area (Å²) in [6.45, 7) is 6.00. The molecule has 0 aliphatic heterocycles. The minimum atomic E-state index is -0.0620. The third kappa shape index (κ3) is 5.07. The number of rotatable bonds is 7. The Bertz CT molecular complexity index is 947. The Balaban J connectivity index is 1.55. The average molecular weight is 495 g/mol. The van der Waals surface area contributed by atoms with E-state index in [4.69, 9.17) is 0 Å². The van der Waals surface area contributed by atoms with Crippen molar-refractivity contribution in [1.82, 2.24) is 24.9 Å². The van der Waals surface area contributed by atoms with E-state index in [1.165, 1.54) is 0 Å². The van der Waals surface area contributed by atoms with E-state index in [2.05, 4.69) is 47.4 Å². The van der Waals surface area contributed by atoms with Crippen molar-refractivity contribution >= 4 is 37.8 Å². The summed E-state index contributed by atoms with van der Waals surface area (Å²) in [4.78, 5) is 12.4. The van der Waals surface area contributed by atoms with Crippen LogP contribution in [0.1, 0.15) is 33.7 Å². The van der Waals surface area contributed by atoms with Crippen LogP contribution in [0.25, 0.3) is 0 Å². The minimum Gasteiger partial charge on any atom is -0.352 e. The van der Waals surface area contributed by atoms with Gasteiger partial charge >= 0.3 is 0 Å². The third-order valence-corrected chi connectivity index (χ3v) is 5.82. The van der Waals surface area contributed by atoms with Crippen LogP contribution in [0.2, 0.25) is 0 Å². The lowest BCUT2D eigenvalue weighted by Crippen LogP contribution is -2.25. The summed E-state index contributed by atoms with van der Waals surface area (Å²) in [5.41, 5.74) is 3.75. The zero-order valence-electron chi connectivity index (χ0n) is 15.2. The van der Waals surface area contributed by atoms with Gasteiger partial charge in [0.1, 0.15) is 0 Å². The lowest BCUT2D eigenvalue weighted by atomic mass is 10.1. The second-order valence-electron chi connectivity index (χ2n) is 6.37. The molecule has 0 saturated heterocycles. The van der Waals surface area contributed by atoms with Crippen molar-refractivity contribution in [2.45, 2.75) is 33.4 Å². The number of hydrogen-bond acceptors (Lipinski definition) is 3. The smallest absolute Gasteiger partial charge is 0.251 e. The number of hydrogen-bond donors (Lipinski definition) is 1. The van der Waals surface area contributed by atoms with Crippen molar-refractivity contribution in [1.29, 1.82) is 0 Å². The summed E-state index contributed by atoms with van der Waals surface area (Å²) in [7, 11) is 0. The lowest BCUT2D eigenvalue weighted by molar-refractivity contribution is 0.0952. The third-order valence-electron chi connectivity index (χ3n) is 4.27. The first-order chi connectivity index (χ1) is 12.9. The molecule has 0 saturated carbocycles. The summed E-state index contributed by atoms with van der Waals surface area (Å²) in [6.07, 6.45) is 4.49. The number of carbonyl (C=O) groups excluding carboxylic acids is 1. The molecule has 0 fully saturated rings. The molecule has 0 aliphatic rings. The molecule has 142 valence electrons. The van der Waals surface area contributed by atoms with Crippen LogP contribution in [0.15, 0.2) is 45.6 Å². The predicted molar refractivity (Wildman–Crippen MR) is 112 cm³/mol. The fourth-order valence-corrected chi connectivity index (χ4v) is 3.43. The highest BCUT2D eigenvalue weighted by Crippen LogP contribution is 2.20. The van der Waals surface area contributed by atoms with Gasteiger partial charge in [0.05, 0.1) is 33.1 Å². The normalized spacial score (nSPS) is 11.0. The molecule has 3 aromatic rings. The molecule has 0 bridgehead atoms. The van der Waals surface area contributed by atoms with Crippen molar-refractivity contribution < 1.29 is 4.79 Å². The quantitative estimate of drug-likeness (QED) is 0.503. The largest absolute Gasteiger partial charge is 0.352 e. The number of benzene rings is 1. The zero-order valence-corrected chi connectivity index (χ0v) is 18.4. The molecule has 2 heterocycles. The van der Waals surface area contributed by atoms with Crippen LogP contribution in [0.5, 0.6) is 0 Å². The topological polar surface area (TPSA) is 64.7 Å². The van der Waals surface area contributed by atoms with Crippen LogP contribution in [-0.4, -0.2) is 32.0 Å². The van der Waals surface area contributed by atoms with Gasteiger partial charge in [0.25, 0.3) is 5.91 Å². The van der Waals surface area contributed by atoms with Crippen molar-refractivity contribution in [2.24, 2.45) is 0 Å². The van der Waals surface area contributed by atoms with Crippen LogP contribution in [-0.2, 0) is 13.1 Å². The maximum absolute atomic E-state index is 12.4. The SMILES string of the molecule is Cc1nn(Cc2cccc(C(=O)NCCCn3cc(Br)cn3)c2)c(C)c1Br. The minimum absolute atomic E-state index is 0.0620. The zero-order chi connectivity index (χ0) is 19.4. The summed E-state index contributed by atoms with van der Waals surface area (Å²) in [6, 6.07) is 7.67. The van der Waals surface area contributed by atoms with Gasteiger partial charge in [0.2, 0.25) is 0 Å². The maximum Gasteiger partial charge on any atom is 0.251 e. The molecule has 0 atom stereocenters. The van der Waals surface area contributed by atoms with Crippen LogP contribution in [0.4, 0.5) is 0 Å². The van der Waals surface area contributed by atoms with Crippen molar-refractivity contribution in [3.8, 4) is 0 Å². The van der Waals surface area contributed by atoms with E-state index in [1.807, 2.05) is 53.7 Å². The van der Waals surface area contributed by atoms with Crippen molar-refractivity contribution in [3.63, 3.8) is 0 Å². The Hall–Kier alpha value is -1.93. The van der Waals surface area contributed by atoms with Crippen molar-refractivity contribution in [3.05, 3.63) is 68.1 Å². The van der Waals surface area contributed by atoms with E-state index in [-0.39, 0.29) is 5.91 Å². The average Bonchev–Trinajstić information content (AvgIpc) is 3.17. The second-order valence-corrected chi connectivity index (χ2v) is 8.08. The predicted octanol–water partition coefficient (Wildman–Crippen LogP) is 4.09. The van der Waals surface area contributed by atoms with E-state index in [9.17, 15) is 4.79 Å². The molecule has 27 heavy (non-hydrogen) atoms. The van der Waals surface area contributed by atoms with Crippen molar-refractivity contribution in [2.75, 3.05) is 6.54 Å². The number of halogens is 2. The molecule has 2 aromatic heterocycles. The molecule has 1 amide bonds. The van der Waals surface area contributed by atoms with Crippen LogP contribution in [0, 0.1) is 13.8 Å². The highest BCUT2D eigenvalue weighted by Gasteiger charge is 2.10. The molecule has 0 unspecified atom stereocenters. The van der Waals surface area contributed by atoms with Crippen LogP contribution in [0.3, 0.4) is 0 Å². The van der Waals surface area contributed by atoms with Gasteiger partial charge in [-0.05, 0) is 69.8 Å². The number of aryl methyl sites for hydroxylation is 2. The fourth-order valence-electron chi connectivity index (χ4n) is 2.82. The molecule has 0 aliphatic carbocycles. The van der Waals surface area contributed by atoms with Crippen LogP contribution < -0.4 is 5.32 Å². The summed E-state index contributed by atoms with van der Waals surface area (Å²) in [5, 5.41) is 11.7. The van der Waals surface area contributed by atoms with Gasteiger partial charge < -0.3 is 5.32 Å². The van der Waals surface area contributed by atoms with Gasteiger partial charge in [-0.15, -0.1) is 0 Å². The lowest BCUT2D eigenvalue weighted by Gasteiger charge is -2.08. The van der Waals surface area contributed by atoms with E-state index in [0.29, 0.717) is 18.7 Å². The molecule has 1 aromatic carbocycles. The van der Waals surface area contributed by atoms with Gasteiger partial charge in [-0.1, -0.05) is 12.1 Å². The Morgan fingerprint density at radius 3 is 2.74 bits per heavy atom. The number of carbonyl (C=O) groups is 1. The Labute approximate surface area is 175 Å². The Morgan fingerprint density at radius 2 is 2.07 bits per heavy atom. The van der Waals surface area contributed by atoms with Gasteiger partial charge in [-0.25, -0.2) is 0 Å². The standard InChI is InChI=1S/C19H21Br2N5O/c1-13-18(21)14(2)26(24-13)11-15-5-3-6-16(9-15)19(27)22-7-4-8-25-12-17(20)10-23-25/h3,5-6,9-10,12H,4,7-8,11H2,1-2H3,(H,22,27). The maximum atomic E-state index is 12.4. The number of nitrogens with one attached hydrogen (secondary N) is 1. The molecule has 3 rings (SSSR count). The highest BCUT2D eigenvalue weighted by atomic mass is 79.9. The Kier molecular flexibility index (Phi) is 6.49. The number of aromatic nitrogens is 4. The molecule has 6 nitrogen and oxygen atoms in total. The molecular weight excluding hydrogens is 474 g/mol. The second kappa shape index (κ2) is 8.84. The fraction of sp³-hybridized carbons (Fsp3) is 0.316. The van der Waals surface area contributed by atoms with Gasteiger partial charge in [0, 0.05) is 24.8 Å². The van der Waals surface area contributed by atoms with E-state index < -0.39 is 0 Å². The van der Waals surface area contributed by atoms with Gasteiger partial charge in [0.15, 0.2) is 0 Å². The first-order valence-corrected chi connectivity index (χ1v) is 10.3. The van der Waals surface area contributed by atoms with Crippen LogP contribution >= 0.6 is 31.9 Å². The first-order valence-electron chi connectivity index (χ1n) is 8.68. The van der Waals surface area contributed by atoms with E-state index in [0.717, 1.165) is 38.9 Å². The Morgan fingerprint density at radius 1 is 1.26 bits per heavy atom. The summed E-state index contributed by atoms with van der Waals surface area (Å²) >= 11 is 6.92. The number of amides is 1. The van der Waals surface area contributed by atoms with E-state index in [1.54, 1.807) is 6.20 Å². The monoisotopic (exact) mass is 493 g/mol. The summed E-state index contributed by atoms with van der Waals surface area (Å²) < 4.78 is 5.78.